The van der Waals surface area contributed by atoms with Gasteiger partial charge in [0.2, 0.25) is 0 Å². The Bertz CT molecular complexity index is 532. The van der Waals surface area contributed by atoms with E-state index < -0.39 is 0 Å². The van der Waals surface area contributed by atoms with Crippen molar-refractivity contribution in [1.29, 1.82) is 0 Å². The Morgan fingerprint density at radius 2 is 2.11 bits per heavy atom. The molecule has 0 spiro atoms. The van der Waals surface area contributed by atoms with Gasteiger partial charge in [0.25, 0.3) is 0 Å². The topological polar surface area (TPSA) is 53.1 Å². The van der Waals surface area contributed by atoms with E-state index in [4.69, 9.17) is 10.5 Å². The number of nitrogens with zero attached hydrogens (tertiary/aromatic N) is 2. The lowest BCUT2D eigenvalue weighted by molar-refractivity contribution is 0.338. The summed E-state index contributed by atoms with van der Waals surface area (Å²) in [7, 11) is 0. The molecule has 0 aliphatic carbocycles. The molecule has 0 amide bonds. The van der Waals surface area contributed by atoms with Crippen LogP contribution in [0.5, 0.6) is 5.75 Å². The number of hydrogen-bond acceptors (Lipinski definition) is 3. The lowest BCUT2D eigenvalue weighted by Gasteiger charge is -2.12. The first-order valence-corrected chi connectivity index (χ1v) is 6.17. The molecule has 0 radical (unpaired) electrons. The molecule has 1 heterocycles. The molecular weight excluding hydrogens is 226 g/mol. The van der Waals surface area contributed by atoms with Gasteiger partial charge in [0.1, 0.15) is 11.4 Å². The van der Waals surface area contributed by atoms with Crippen molar-refractivity contribution in [2.24, 2.45) is 5.73 Å². The van der Waals surface area contributed by atoms with E-state index in [1.54, 1.807) is 0 Å². The Morgan fingerprint density at radius 3 is 2.72 bits per heavy atom. The Balaban J connectivity index is 2.49. The summed E-state index contributed by atoms with van der Waals surface area (Å²) in [6.45, 7) is 6.59. The van der Waals surface area contributed by atoms with E-state index in [-0.39, 0.29) is 6.04 Å². The zero-order chi connectivity index (χ0) is 13.1. The Hall–Kier alpha value is -1.81. The standard InChI is InChI=1S/C14H19N3O/c1-4-18-14-8-6-5-7-13(14)17-11(3)12(9-16-17)10(2)15/h5-10H,4,15H2,1-3H3. The lowest BCUT2D eigenvalue weighted by atomic mass is 10.1. The minimum atomic E-state index is -0.0157. The number of para-hydroxylation sites is 2. The zero-order valence-corrected chi connectivity index (χ0v) is 11.1. The smallest absolute Gasteiger partial charge is 0.144 e. The van der Waals surface area contributed by atoms with Crippen LogP contribution in [0.4, 0.5) is 0 Å². The van der Waals surface area contributed by atoms with Gasteiger partial charge in [-0.05, 0) is 32.9 Å². The molecule has 0 saturated heterocycles. The summed E-state index contributed by atoms with van der Waals surface area (Å²) in [5, 5.41) is 4.41. The number of aromatic nitrogens is 2. The monoisotopic (exact) mass is 245 g/mol. The molecule has 2 N–H and O–H groups in total. The number of benzene rings is 1. The first kappa shape index (κ1) is 12.6. The summed E-state index contributed by atoms with van der Waals surface area (Å²) in [5.41, 5.74) is 8.98. The van der Waals surface area contributed by atoms with Gasteiger partial charge in [0.15, 0.2) is 0 Å². The van der Waals surface area contributed by atoms with Crippen molar-refractivity contribution < 1.29 is 4.74 Å². The molecule has 1 atom stereocenters. The normalized spacial score (nSPS) is 12.4. The highest BCUT2D eigenvalue weighted by Crippen LogP contribution is 2.25. The average molecular weight is 245 g/mol. The van der Waals surface area contributed by atoms with Crippen molar-refractivity contribution in [2.45, 2.75) is 26.8 Å². The highest BCUT2D eigenvalue weighted by atomic mass is 16.5. The molecule has 18 heavy (non-hydrogen) atoms. The van der Waals surface area contributed by atoms with Gasteiger partial charge < -0.3 is 10.5 Å². The largest absolute Gasteiger partial charge is 0.492 e. The SMILES string of the molecule is CCOc1ccccc1-n1ncc(C(C)N)c1C. The van der Waals surface area contributed by atoms with Crippen LogP contribution in [0.1, 0.15) is 31.1 Å². The first-order chi connectivity index (χ1) is 8.65. The molecule has 0 aliphatic rings. The predicted molar refractivity (Wildman–Crippen MR) is 72.1 cm³/mol. The molecule has 2 aromatic rings. The molecule has 1 aromatic heterocycles. The number of rotatable bonds is 4. The Kier molecular flexibility index (Phi) is 3.67. The minimum absolute atomic E-state index is 0.0157. The first-order valence-electron chi connectivity index (χ1n) is 6.17. The van der Waals surface area contributed by atoms with Gasteiger partial charge in [-0.15, -0.1) is 0 Å². The van der Waals surface area contributed by atoms with E-state index in [1.165, 1.54) is 0 Å². The lowest BCUT2D eigenvalue weighted by Crippen LogP contribution is -2.08. The maximum Gasteiger partial charge on any atom is 0.144 e. The van der Waals surface area contributed by atoms with E-state index >= 15 is 0 Å². The predicted octanol–water partition coefficient (Wildman–Crippen LogP) is 2.60. The maximum atomic E-state index is 5.92. The van der Waals surface area contributed by atoms with Gasteiger partial charge in [-0.2, -0.15) is 5.10 Å². The Labute approximate surface area is 107 Å². The van der Waals surface area contributed by atoms with Crippen LogP contribution in [-0.4, -0.2) is 16.4 Å². The average Bonchev–Trinajstić information content (AvgIpc) is 2.72. The van der Waals surface area contributed by atoms with Gasteiger partial charge >= 0.3 is 0 Å². The molecule has 1 unspecified atom stereocenters. The molecule has 4 nitrogen and oxygen atoms in total. The van der Waals surface area contributed by atoms with Gasteiger partial charge in [-0.1, -0.05) is 12.1 Å². The molecule has 0 aliphatic heterocycles. The highest BCUT2D eigenvalue weighted by molar-refractivity contribution is 5.47. The number of ether oxygens (including phenoxy) is 1. The molecule has 4 heteroatoms. The van der Waals surface area contributed by atoms with Crippen molar-refractivity contribution in [1.82, 2.24) is 9.78 Å². The molecular formula is C14H19N3O. The molecule has 0 fully saturated rings. The summed E-state index contributed by atoms with van der Waals surface area (Å²) >= 11 is 0. The highest BCUT2D eigenvalue weighted by Gasteiger charge is 2.13. The molecule has 0 saturated carbocycles. The van der Waals surface area contributed by atoms with Crippen molar-refractivity contribution in [3.8, 4) is 11.4 Å². The van der Waals surface area contributed by atoms with Crippen LogP contribution in [0.15, 0.2) is 30.5 Å². The second-order valence-electron chi connectivity index (χ2n) is 4.29. The second kappa shape index (κ2) is 5.23. The van der Waals surface area contributed by atoms with Crippen LogP contribution in [0.2, 0.25) is 0 Å². The van der Waals surface area contributed by atoms with Gasteiger partial charge in [0, 0.05) is 17.3 Å². The van der Waals surface area contributed by atoms with Crippen LogP contribution in [-0.2, 0) is 0 Å². The van der Waals surface area contributed by atoms with Crippen molar-refractivity contribution in [3.63, 3.8) is 0 Å². The van der Waals surface area contributed by atoms with Crippen LogP contribution < -0.4 is 10.5 Å². The summed E-state index contributed by atoms with van der Waals surface area (Å²) in [6, 6.07) is 7.86. The van der Waals surface area contributed by atoms with Crippen LogP contribution in [0.3, 0.4) is 0 Å². The third-order valence-corrected chi connectivity index (χ3v) is 2.93. The minimum Gasteiger partial charge on any atom is -0.492 e. The fraction of sp³-hybridized carbons (Fsp3) is 0.357. The van der Waals surface area contributed by atoms with Crippen LogP contribution >= 0.6 is 0 Å². The second-order valence-corrected chi connectivity index (χ2v) is 4.29. The third-order valence-electron chi connectivity index (χ3n) is 2.93. The van der Waals surface area contributed by atoms with E-state index in [1.807, 2.05) is 55.9 Å². The number of nitrogens with two attached hydrogens (primary N) is 1. The molecule has 96 valence electrons. The van der Waals surface area contributed by atoms with Crippen LogP contribution in [0.25, 0.3) is 5.69 Å². The summed E-state index contributed by atoms with van der Waals surface area (Å²) in [6.07, 6.45) is 1.82. The van der Waals surface area contributed by atoms with E-state index in [0.717, 1.165) is 22.7 Å². The van der Waals surface area contributed by atoms with Crippen molar-refractivity contribution >= 4 is 0 Å². The summed E-state index contributed by atoms with van der Waals surface area (Å²) in [4.78, 5) is 0. The Morgan fingerprint density at radius 1 is 1.39 bits per heavy atom. The molecule has 0 bridgehead atoms. The summed E-state index contributed by atoms with van der Waals surface area (Å²) in [5.74, 6) is 0.836. The van der Waals surface area contributed by atoms with Crippen LogP contribution in [0, 0.1) is 6.92 Å². The number of hydrogen-bond donors (Lipinski definition) is 1. The maximum absolute atomic E-state index is 5.92. The molecule has 2 rings (SSSR count). The quantitative estimate of drug-likeness (QED) is 0.900. The van der Waals surface area contributed by atoms with E-state index in [2.05, 4.69) is 5.10 Å². The van der Waals surface area contributed by atoms with Gasteiger partial charge in [0.05, 0.1) is 12.8 Å². The van der Waals surface area contributed by atoms with Gasteiger partial charge in [-0.3, -0.25) is 0 Å². The van der Waals surface area contributed by atoms with Crippen molar-refractivity contribution in [3.05, 3.63) is 41.7 Å². The van der Waals surface area contributed by atoms with E-state index in [0.29, 0.717) is 6.61 Å². The molecule has 1 aromatic carbocycles. The fourth-order valence-electron chi connectivity index (χ4n) is 2.02. The fourth-order valence-corrected chi connectivity index (χ4v) is 2.02. The van der Waals surface area contributed by atoms with E-state index in [9.17, 15) is 0 Å². The van der Waals surface area contributed by atoms with Gasteiger partial charge in [-0.25, -0.2) is 4.68 Å². The third kappa shape index (κ3) is 2.24. The zero-order valence-electron chi connectivity index (χ0n) is 11.1. The van der Waals surface area contributed by atoms with Crippen molar-refractivity contribution in [2.75, 3.05) is 6.61 Å². The summed E-state index contributed by atoms with van der Waals surface area (Å²) < 4.78 is 7.50.